The zero-order chi connectivity index (χ0) is 17.4. The van der Waals surface area contributed by atoms with Gasteiger partial charge in [0.15, 0.2) is 0 Å². The molecule has 3 N–H and O–H groups in total. The van der Waals surface area contributed by atoms with Crippen molar-refractivity contribution >= 4 is 39.1 Å². The number of aromatic nitrogens is 3. The first-order valence-electron chi connectivity index (χ1n) is 7.57. The first kappa shape index (κ1) is 15.2. The van der Waals surface area contributed by atoms with E-state index in [2.05, 4.69) is 26.6 Å². The summed E-state index contributed by atoms with van der Waals surface area (Å²) in [4.78, 5) is 15.1. The molecule has 4 aromatic rings. The van der Waals surface area contributed by atoms with Crippen molar-refractivity contribution in [1.29, 1.82) is 5.26 Å². The molecule has 0 saturated carbocycles. The second-order valence-corrected chi connectivity index (χ2v) is 6.09. The SMILES string of the molecule is N#Cc1[nH]nc2cc(NCc3cc4cc(Cl)ccc4[nH]c3=O)ccc12. The minimum Gasteiger partial charge on any atom is -0.381 e. The summed E-state index contributed by atoms with van der Waals surface area (Å²) in [5, 5.41) is 21.3. The van der Waals surface area contributed by atoms with Crippen molar-refractivity contribution in [2.45, 2.75) is 6.54 Å². The molecule has 122 valence electrons. The molecule has 2 heterocycles. The fourth-order valence-electron chi connectivity index (χ4n) is 2.76. The lowest BCUT2D eigenvalue weighted by atomic mass is 10.1. The first-order valence-corrected chi connectivity index (χ1v) is 7.95. The number of H-pyrrole nitrogens is 2. The molecule has 0 aliphatic rings. The van der Waals surface area contributed by atoms with Crippen LogP contribution in [-0.2, 0) is 6.54 Å². The van der Waals surface area contributed by atoms with Crippen molar-refractivity contribution in [3.05, 3.63) is 69.1 Å². The molecule has 0 amide bonds. The first-order chi connectivity index (χ1) is 12.1. The van der Waals surface area contributed by atoms with E-state index in [-0.39, 0.29) is 5.56 Å². The monoisotopic (exact) mass is 349 g/mol. The Morgan fingerprint density at radius 1 is 1.20 bits per heavy atom. The third kappa shape index (κ3) is 2.82. The topological polar surface area (TPSA) is 97.4 Å². The number of anilines is 1. The van der Waals surface area contributed by atoms with E-state index < -0.39 is 0 Å². The third-order valence-electron chi connectivity index (χ3n) is 4.03. The normalized spacial score (nSPS) is 10.9. The van der Waals surface area contributed by atoms with E-state index >= 15 is 0 Å². The Balaban J connectivity index is 1.62. The van der Waals surface area contributed by atoms with Gasteiger partial charge in [-0.2, -0.15) is 10.4 Å². The lowest BCUT2D eigenvalue weighted by Gasteiger charge is -2.07. The van der Waals surface area contributed by atoms with Crippen LogP contribution in [0.1, 0.15) is 11.3 Å². The quantitative estimate of drug-likeness (QED) is 0.527. The van der Waals surface area contributed by atoms with Gasteiger partial charge < -0.3 is 10.3 Å². The molecule has 0 spiro atoms. The summed E-state index contributed by atoms with van der Waals surface area (Å²) in [6.45, 7) is 0.360. The van der Waals surface area contributed by atoms with Crippen molar-refractivity contribution in [2.24, 2.45) is 0 Å². The van der Waals surface area contributed by atoms with Gasteiger partial charge in [0.1, 0.15) is 11.8 Å². The Morgan fingerprint density at radius 2 is 2.08 bits per heavy atom. The van der Waals surface area contributed by atoms with Crippen LogP contribution in [0.15, 0.2) is 47.3 Å². The maximum atomic E-state index is 12.2. The highest BCUT2D eigenvalue weighted by Gasteiger charge is 2.07. The van der Waals surface area contributed by atoms with Crippen molar-refractivity contribution in [3.63, 3.8) is 0 Å². The number of fused-ring (bicyclic) bond motifs is 2. The number of pyridine rings is 1. The molecular weight excluding hydrogens is 338 g/mol. The molecule has 0 bridgehead atoms. The van der Waals surface area contributed by atoms with Crippen molar-refractivity contribution in [2.75, 3.05) is 5.32 Å². The Kier molecular flexibility index (Phi) is 3.64. The summed E-state index contributed by atoms with van der Waals surface area (Å²) < 4.78 is 0. The number of halogens is 1. The summed E-state index contributed by atoms with van der Waals surface area (Å²) >= 11 is 6.01. The second kappa shape index (κ2) is 5.96. The number of aromatic amines is 2. The molecule has 2 aromatic carbocycles. The van der Waals surface area contributed by atoms with Crippen molar-refractivity contribution in [1.82, 2.24) is 15.2 Å². The van der Waals surface area contributed by atoms with Crippen LogP contribution in [0.25, 0.3) is 21.8 Å². The van der Waals surface area contributed by atoms with Crippen LogP contribution >= 0.6 is 11.6 Å². The number of rotatable bonds is 3. The smallest absolute Gasteiger partial charge is 0.253 e. The minimum absolute atomic E-state index is 0.144. The number of hydrogen-bond donors (Lipinski definition) is 3. The number of benzene rings is 2. The fraction of sp³-hybridized carbons (Fsp3) is 0.0556. The van der Waals surface area contributed by atoms with Crippen LogP contribution < -0.4 is 10.9 Å². The van der Waals surface area contributed by atoms with Crippen LogP contribution in [0.4, 0.5) is 5.69 Å². The Labute approximate surface area is 147 Å². The Hall–Kier alpha value is -3.30. The lowest BCUT2D eigenvalue weighted by Crippen LogP contribution is -2.15. The van der Waals surface area contributed by atoms with Crippen LogP contribution in [0.3, 0.4) is 0 Å². The predicted molar refractivity (Wildman–Crippen MR) is 97.7 cm³/mol. The zero-order valence-electron chi connectivity index (χ0n) is 12.9. The number of nitrogens with one attached hydrogen (secondary N) is 3. The minimum atomic E-state index is -0.144. The lowest BCUT2D eigenvalue weighted by molar-refractivity contribution is 1.09. The molecule has 0 saturated heterocycles. The summed E-state index contributed by atoms with van der Waals surface area (Å²) in [7, 11) is 0. The van der Waals surface area contributed by atoms with Crippen molar-refractivity contribution in [3.8, 4) is 6.07 Å². The fourth-order valence-corrected chi connectivity index (χ4v) is 2.94. The largest absolute Gasteiger partial charge is 0.381 e. The van der Waals surface area contributed by atoms with Gasteiger partial charge in [-0.15, -0.1) is 0 Å². The molecule has 6 nitrogen and oxygen atoms in total. The van der Waals surface area contributed by atoms with Gasteiger partial charge in [0.25, 0.3) is 5.56 Å². The number of hydrogen-bond acceptors (Lipinski definition) is 4. The van der Waals surface area contributed by atoms with E-state index in [1.165, 1.54) is 0 Å². The highest BCUT2D eigenvalue weighted by molar-refractivity contribution is 6.31. The standard InChI is InChI=1S/C18H12ClN5O/c19-12-1-4-15-10(6-12)5-11(18(25)22-15)9-21-13-2-3-14-16(7-13)23-24-17(14)8-20/h1-7,21H,9H2,(H,22,25)(H,23,24). The molecule has 0 unspecified atom stereocenters. The number of nitrogens with zero attached hydrogens (tertiary/aromatic N) is 2. The van der Waals surface area contributed by atoms with E-state index in [9.17, 15) is 4.79 Å². The van der Waals surface area contributed by atoms with Gasteiger partial charge in [-0.3, -0.25) is 9.89 Å². The maximum absolute atomic E-state index is 12.2. The average molecular weight is 350 g/mol. The van der Waals surface area contributed by atoms with E-state index in [4.69, 9.17) is 16.9 Å². The molecule has 0 fully saturated rings. The third-order valence-corrected chi connectivity index (χ3v) is 4.27. The van der Waals surface area contributed by atoms with Gasteiger partial charge in [0.2, 0.25) is 0 Å². The summed E-state index contributed by atoms with van der Waals surface area (Å²) in [5.41, 5.74) is 3.16. The van der Waals surface area contributed by atoms with Crippen molar-refractivity contribution < 1.29 is 0 Å². The molecule has 0 radical (unpaired) electrons. The van der Waals surface area contributed by atoms with Gasteiger partial charge in [0.05, 0.1) is 5.52 Å². The highest BCUT2D eigenvalue weighted by atomic mass is 35.5. The Morgan fingerprint density at radius 3 is 2.92 bits per heavy atom. The molecule has 0 aliphatic heterocycles. The highest BCUT2D eigenvalue weighted by Crippen LogP contribution is 2.21. The van der Waals surface area contributed by atoms with E-state index in [0.29, 0.717) is 28.3 Å². The van der Waals surface area contributed by atoms with Gasteiger partial charge in [-0.1, -0.05) is 11.6 Å². The summed E-state index contributed by atoms with van der Waals surface area (Å²) in [6.07, 6.45) is 0. The van der Waals surface area contributed by atoms with Gasteiger partial charge in [-0.25, -0.2) is 0 Å². The zero-order valence-corrected chi connectivity index (χ0v) is 13.7. The van der Waals surface area contributed by atoms with Crippen LogP contribution in [0, 0.1) is 11.3 Å². The summed E-state index contributed by atoms with van der Waals surface area (Å²) in [6, 6.07) is 14.7. The van der Waals surface area contributed by atoms with Gasteiger partial charge in [0, 0.05) is 39.1 Å². The molecule has 4 rings (SSSR count). The van der Waals surface area contributed by atoms with Crippen LogP contribution in [0.2, 0.25) is 5.02 Å². The second-order valence-electron chi connectivity index (χ2n) is 5.65. The summed E-state index contributed by atoms with van der Waals surface area (Å²) in [5.74, 6) is 0. The van der Waals surface area contributed by atoms with E-state index in [1.807, 2.05) is 30.3 Å². The van der Waals surface area contributed by atoms with E-state index in [0.717, 1.165) is 22.0 Å². The van der Waals surface area contributed by atoms with E-state index in [1.54, 1.807) is 12.1 Å². The van der Waals surface area contributed by atoms with Gasteiger partial charge >= 0.3 is 0 Å². The Bertz CT molecular complexity index is 1200. The average Bonchev–Trinajstić information content (AvgIpc) is 3.02. The predicted octanol–water partition coefficient (Wildman–Crippen LogP) is 3.54. The number of nitriles is 1. The van der Waals surface area contributed by atoms with Gasteiger partial charge in [-0.05, 0) is 42.5 Å². The molecule has 0 aliphatic carbocycles. The molecule has 7 heteroatoms. The maximum Gasteiger partial charge on any atom is 0.253 e. The molecule has 2 aromatic heterocycles. The molecule has 25 heavy (non-hydrogen) atoms. The molecule has 0 atom stereocenters. The van der Waals surface area contributed by atoms with Crippen LogP contribution in [-0.4, -0.2) is 15.2 Å². The molecular formula is C18H12ClN5O. The van der Waals surface area contributed by atoms with Crippen LogP contribution in [0.5, 0.6) is 0 Å².